The number of hydrogen-bond donors (Lipinski definition) is 2. The normalized spacial score (nSPS) is 34.5. The van der Waals surface area contributed by atoms with Crippen LogP contribution in [0, 0.1) is 5.92 Å². The smallest absolute Gasteiger partial charge is 0.241 e. The number of nitrogens with zero attached hydrogens (tertiary/aromatic N) is 2. The maximum Gasteiger partial charge on any atom is 0.241 e. The van der Waals surface area contributed by atoms with Crippen molar-refractivity contribution < 1.29 is 4.79 Å². The fourth-order valence-corrected chi connectivity index (χ4v) is 5.61. The van der Waals surface area contributed by atoms with Gasteiger partial charge in [0.25, 0.3) is 0 Å². The lowest BCUT2D eigenvalue weighted by Gasteiger charge is -2.41. The van der Waals surface area contributed by atoms with Crippen LogP contribution in [0.2, 0.25) is 0 Å². The molecule has 4 atom stereocenters. The number of carbonyl (C=O) groups excluding carboxylic acids is 1. The molecule has 2 heterocycles. The number of rotatable bonds is 2. The summed E-state index contributed by atoms with van der Waals surface area (Å²) in [5.74, 6) is 0.816. The van der Waals surface area contributed by atoms with E-state index in [4.69, 9.17) is 0 Å². The molecule has 140 valence electrons. The first kappa shape index (κ1) is 16.7. The van der Waals surface area contributed by atoms with Crippen molar-refractivity contribution >= 4 is 5.91 Å². The van der Waals surface area contributed by atoms with Crippen molar-refractivity contribution in [3.63, 3.8) is 0 Å². The average molecular weight is 354 g/mol. The number of fused-ring (bicyclic) bond motifs is 2. The van der Waals surface area contributed by atoms with Crippen LogP contribution in [0.3, 0.4) is 0 Å². The van der Waals surface area contributed by atoms with E-state index in [1.54, 1.807) is 0 Å². The maximum atomic E-state index is 13.0. The van der Waals surface area contributed by atoms with Gasteiger partial charge in [-0.15, -0.1) is 0 Å². The highest BCUT2D eigenvalue weighted by molar-refractivity contribution is 5.82. The van der Waals surface area contributed by atoms with Crippen LogP contribution in [0.25, 0.3) is 0 Å². The first-order valence-corrected chi connectivity index (χ1v) is 10.4. The number of benzene rings is 1. The van der Waals surface area contributed by atoms with Crippen molar-refractivity contribution in [3.05, 3.63) is 35.4 Å². The van der Waals surface area contributed by atoms with E-state index < -0.39 is 0 Å². The number of hydrogen-bond acceptors (Lipinski definition) is 4. The summed E-state index contributed by atoms with van der Waals surface area (Å²) in [6, 6.07) is 10.0. The third-order valence-corrected chi connectivity index (χ3v) is 7.15. The zero-order valence-corrected chi connectivity index (χ0v) is 15.5. The van der Waals surface area contributed by atoms with Gasteiger partial charge in [0.1, 0.15) is 6.04 Å². The Kier molecular flexibility index (Phi) is 4.47. The van der Waals surface area contributed by atoms with E-state index in [0.717, 1.165) is 26.2 Å². The Morgan fingerprint density at radius 2 is 1.77 bits per heavy atom. The van der Waals surface area contributed by atoms with E-state index in [1.807, 2.05) is 0 Å². The summed E-state index contributed by atoms with van der Waals surface area (Å²) in [5.41, 5.74) is 9.69. The molecule has 0 aromatic heterocycles. The van der Waals surface area contributed by atoms with Gasteiger partial charge in [0, 0.05) is 44.2 Å². The summed E-state index contributed by atoms with van der Waals surface area (Å²) < 4.78 is 0. The predicted molar refractivity (Wildman–Crippen MR) is 102 cm³/mol. The molecule has 0 spiro atoms. The number of hydrazine groups is 1. The molecule has 2 aliphatic carbocycles. The maximum absolute atomic E-state index is 13.0. The van der Waals surface area contributed by atoms with Gasteiger partial charge in [-0.05, 0) is 43.2 Å². The lowest BCUT2D eigenvalue weighted by atomic mass is 9.87. The fourth-order valence-electron chi connectivity index (χ4n) is 5.61. The van der Waals surface area contributed by atoms with Gasteiger partial charge in [-0.25, -0.2) is 5.43 Å². The van der Waals surface area contributed by atoms with Crippen molar-refractivity contribution in [1.29, 1.82) is 0 Å². The molecule has 5 rings (SSSR count). The third kappa shape index (κ3) is 2.96. The molecule has 0 bridgehead atoms. The highest BCUT2D eigenvalue weighted by Gasteiger charge is 2.44. The van der Waals surface area contributed by atoms with E-state index in [2.05, 4.69) is 44.9 Å². The number of amides is 1. The molecular weight excluding hydrogens is 324 g/mol. The number of aryl methyl sites for hydroxylation is 1. The minimum atomic E-state index is -0.00407. The van der Waals surface area contributed by atoms with Crippen LogP contribution >= 0.6 is 0 Å². The Balaban J connectivity index is 1.17. The van der Waals surface area contributed by atoms with Crippen LogP contribution in [-0.2, 0) is 17.6 Å². The third-order valence-electron chi connectivity index (χ3n) is 7.15. The monoisotopic (exact) mass is 354 g/mol. The molecule has 2 aliphatic heterocycles. The second-order valence-electron chi connectivity index (χ2n) is 8.49. The Morgan fingerprint density at radius 1 is 0.962 bits per heavy atom. The van der Waals surface area contributed by atoms with E-state index in [-0.39, 0.29) is 6.04 Å². The minimum Gasteiger partial charge on any atom is -0.339 e. The van der Waals surface area contributed by atoms with Gasteiger partial charge >= 0.3 is 0 Å². The predicted octanol–water partition coefficient (Wildman–Crippen LogP) is 1.33. The molecular formula is C21H30N4O. The molecule has 4 unspecified atom stereocenters. The van der Waals surface area contributed by atoms with Crippen LogP contribution in [-0.4, -0.2) is 60.0 Å². The van der Waals surface area contributed by atoms with E-state index in [9.17, 15) is 4.79 Å². The molecule has 2 saturated heterocycles. The fraction of sp³-hybridized carbons (Fsp3) is 0.667. The van der Waals surface area contributed by atoms with Crippen molar-refractivity contribution in [2.24, 2.45) is 5.92 Å². The molecule has 1 amide bonds. The van der Waals surface area contributed by atoms with Gasteiger partial charge in [0.05, 0.1) is 0 Å². The molecule has 1 aromatic rings. The second-order valence-corrected chi connectivity index (χ2v) is 8.49. The number of nitrogens with one attached hydrogen (secondary N) is 2. The van der Waals surface area contributed by atoms with E-state index in [1.165, 1.54) is 49.7 Å². The Labute approximate surface area is 156 Å². The lowest BCUT2D eigenvalue weighted by molar-refractivity contribution is -0.136. The second kappa shape index (κ2) is 6.95. The molecule has 1 aromatic carbocycles. The first-order valence-electron chi connectivity index (χ1n) is 10.4. The van der Waals surface area contributed by atoms with Crippen molar-refractivity contribution in [1.82, 2.24) is 20.7 Å². The zero-order chi connectivity index (χ0) is 17.5. The molecule has 1 saturated carbocycles. The Bertz CT molecular complexity index is 670. The van der Waals surface area contributed by atoms with Gasteiger partial charge in [-0.2, -0.15) is 0 Å². The number of piperazine rings is 1. The quantitative estimate of drug-likeness (QED) is 0.841. The highest BCUT2D eigenvalue weighted by Crippen LogP contribution is 2.32. The summed E-state index contributed by atoms with van der Waals surface area (Å²) in [4.78, 5) is 17.7. The van der Waals surface area contributed by atoms with Crippen LogP contribution in [0.1, 0.15) is 36.8 Å². The molecule has 3 fully saturated rings. The number of carbonyl (C=O) groups is 1. The summed E-state index contributed by atoms with van der Waals surface area (Å²) in [6.45, 7) is 3.80. The van der Waals surface area contributed by atoms with Crippen LogP contribution in [0.15, 0.2) is 24.3 Å². The Hall–Kier alpha value is -1.43. The Morgan fingerprint density at radius 3 is 2.62 bits per heavy atom. The van der Waals surface area contributed by atoms with Crippen LogP contribution < -0.4 is 10.9 Å². The summed E-state index contributed by atoms with van der Waals surface area (Å²) in [6.07, 6.45) is 7.26. The topological polar surface area (TPSA) is 47.6 Å². The summed E-state index contributed by atoms with van der Waals surface area (Å²) in [5, 5.41) is 0. The first-order chi connectivity index (χ1) is 12.8. The molecule has 2 N–H and O–H groups in total. The molecule has 4 aliphatic rings. The van der Waals surface area contributed by atoms with E-state index >= 15 is 0 Å². The summed E-state index contributed by atoms with van der Waals surface area (Å²) in [7, 11) is 0. The van der Waals surface area contributed by atoms with Crippen LogP contribution in [0.4, 0.5) is 0 Å². The van der Waals surface area contributed by atoms with Crippen molar-refractivity contribution in [2.75, 3.05) is 26.2 Å². The van der Waals surface area contributed by atoms with Crippen LogP contribution in [0.5, 0.6) is 0 Å². The lowest BCUT2D eigenvalue weighted by Crippen LogP contribution is -2.57. The summed E-state index contributed by atoms with van der Waals surface area (Å²) >= 11 is 0. The zero-order valence-electron chi connectivity index (χ0n) is 15.5. The molecule has 0 radical (unpaired) electrons. The SMILES string of the molecule is O=C(C1NNC2CCCC21)N1CCN(C2CCc3ccccc3C2)CC1. The standard InChI is InChI=1S/C21H30N4O/c26-21(20-18-6-3-7-19(18)22-23-20)25-12-10-24(11-13-25)17-9-8-15-4-1-2-5-16(15)14-17/h1-2,4-5,17-20,22-23H,3,6-14H2. The van der Waals surface area contributed by atoms with Gasteiger partial charge in [0.2, 0.25) is 5.91 Å². The van der Waals surface area contributed by atoms with Crippen molar-refractivity contribution in [2.45, 2.75) is 56.7 Å². The van der Waals surface area contributed by atoms with Crippen molar-refractivity contribution in [3.8, 4) is 0 Å². The molecule has 5 heteroatoms. The van der Waals surface area contributed by atoms with Gasteiger partial charge in [-0.3, -0.25) is 15.1 Å². The molecule has 26 heavy (non-hydrogen) atoms. The highest BCUT2D eigenvalue weighted by atomic mass is 16.2. The average Bonchev–Trinajstić information content (AvgIpc) is 3.31. The van der Waals surface area contributed by atoms with Gasteiger partial charge in [-0.1, -0.05) is 30.7 Å². The molecule has 5 nitrogen and oxygen atoms in total. The largest absolute Gasteiger partial charge is 0.339 e. The van der Waals surface area contributed by atoms with E-state index in [0.29, 0.717) is 23.9 Å². The minimum absolute atomic E-state index is 0.00407. The van der Waals surface area contributed by atoms with Gasteiger partial charge < -0.3 is 4.90 Å². The van der Waals surface area contributed by atoms with Gasteiger partial charge in [0.15, 0.2) is 0 Å².